The third-order valence-electron chi connectivity index (χ3n) is 3.31. The molecule has 102 valence electrons. The number of rotatable bonds is 2. The number of nitrogens with zero attached hydrogens (tertiary/aromatic N) is 2. The Labute approximate surface area is 118 Å². The van der Waals surface area contributed by atoms with Crippen LogP contribution in [0.4, 0.5) is 11.5 Å². The van der Waals surface area contributed by atoms with Crippen LogP contribution in [0.1, 0.15) is 0 Å². The van der Waals surface area contributed by atoms with E-state index in [9.17, 15) is 4.79 Å². The molecule has 4 rings (SSSR count). The van der Waals surface area contributed by atoms with Gasteiger partial charge in [0.1, 0.15) is 12.1 Å². The summed E-state index contributed by atoms with van der Waals surface area (Å²) in [6.45, 7) is 0. The summed E-state index contributed by atoms with van der Waals surface area (Å²) in [4.78, 5) is 25.4. The Balaban J connectivity index is 1.92. The van der Waals surface area contributed by atoms with Gasteiger partial charge >= 0.3 is 5.69 Å². The van der Waals surface area contributed by atoms with Crippen molar-refractivity contribution in [3.05, 3.63) is 59.3 Å². The van der Waals surface area contributed by atoms with Gasteiger partial charge in [-0.25, -0.2) is 14.8 Å². The molecule has 21 heavy (non-hydrogen) atoms. The van der Waals surface area contributed by atoms with Crippen LogP contribution in [0.5, 0.6) is 0 Å². The van der Waals surface area contributed by atoms with E-state index in [4.69, 9.17) is 0 Å². The summed E-state index contributed by atoms with van der Waals surface area (Å²) in [5.41, 5.74) is 2.95. The molecule has 2 aromatic carbocycles. The largest absolute Gasteiger partial charge is 0.340 e. The summed E-state index contributed by atoms with van der Waals surface area (Å²) >= 11 is 0. The summed E-state index contributed by atoms with van der Waals surface area (Å²) in [5, 5.41) is 4.12. The average Bonchev–Trinajstić information content (AvgIpc) is 2.85. The maximum absolute atomic E-state index is 11.4. The van der Waals surface area contributed by atoms with Gasteiger partial charge in [0.05, 0.1) is 16.6 Å². The van der Waals surface area contributed by atoms with Crippen LogP contribution in [0.25, 0.3) is 21.9 Å². The van der Waals surface area contributed by atoms with E-state index in [0.29, 0.717) is 5.82 Å². The van der Waals surface area contributed by atoms with E-state index < -0.39 is 0 Å². The number of nitrogens with one attached hydrogen (secondary N) is 3. The summed E-state index contributed by atoms with van der Waals surface area (Å²) in [6.07, 6.45) is 1.50. The maximum atomic E-state index is 11.4. The number of imidazole rings is 1. The zero-order chi connectivity index (χ0) is 14.2. The van der Waals surface area contributed by atoms with Crippen molar-refractivity contribution in [2.45, 2.75) is 0 Å². The van der Waals surface area contributed by atoms with Crippen LogP contribution in [0.3, 0.4) is 0 Å². The Kier molecular flexibility index (Phi) is 2.47. The van der Waals surface area contributed by atoms with E-state index in [0.717, 1.165) is 27.6 Å². The van der Waals surface area contributed by atoms with Gasteiger partial charge in [0.2, 0.25) is 0 Å². The van der Waals surface area contributed by atoms with Gasteiger partial charge in [0.25, 0.3) is 0 Å². The first-order chi connectivity index (χ1) is 10.3. The number of anilines is 2. The highest BCUT2D eigenvalue weighted by atomic mass is 16.1. The second kappa shape index (κ2) is 4.45. The van der Waals surface area contributed by atoms with Crippen molar-refractivity contribution >= 4 is 33.4 Å². The fourth-order valence-corrected chi connectivity index (χ4v) is 2.34. The summed E-state index contributed by atoms with van der Waals surface area (Å²) < 4.78 is 0. The van der Waals surface area contributed by atoms with Crippen molar-refractivity contribution in [3.63, 3.8) is 0 Å². The van der Waals surface area contributed by atoms with E-state index in [2.05, 4.69) is 25.3 Å². The molecular formula is C15H11N5O. The molecule has 0 spiro atoms. The third-order valence-corrected chi connectivity index (χ3v) is 3.31. The number of para-hydroxylation sites is 1. The van der Waals surface area contributed by atoms with Crippen LogP contribution in [0.2, 0.25) is 0 Å². The SMILES string of the molecule is O=c1[nH]c2cc3ncnc(Nc4ccccc4)c3cc2[nH]1. The fraction of sp³-hybridized carbons (Fsp3) is 0. The molecule has 0 aliphatic heterocycles. The molecule has 0 fully saturated rings. The van der Waals surface area contributed by atoms with E-state index in [-0.39, 0.29) is 5.69 Å². The van der Waals surface area contributed by atoms with E-state index in [1.54, 1.807) is 0 Å². The minimum Gasteiger partial charge on any atom is -0.340 e. The van der Waals surface area contributed by atoms with Crippen LogP contribution < -0.4 is 11.0 Å². The van der Waals surface area contributed by atoms with Crippen molar-refractivity contribution < 1.29 is 0 Å². The Morgan fingerprint density at radius 1 is 0.952 bits per heavy atom. The normalized spacial score (nSPS) is 11.0. The number of hydrogen-bond donors (Lipinski definition) is 3. The van der Waals surface area contributed by atoms with Crippen LogP contribution in [-0.4, -0.2) is 19.9 Å². The molecule has 0 aliphatic carbocycles. The molecule has 0 radical (unpaired) electrons. The third kappa shape index (κ3) is 2.02. The first-order valence-electron chi connectivity index (χ1n) is 6.48. The van der Waals surface area contributed by atoms with Crippen LogP contribution in [0, 0.1) is 0 Å². The van der Waals surface area contributed by atoms with Gasteiger partial charge in [0, 0.05) is 11.1 Å². The molecule has 0 atom stereocenters. The second-order valence-electron chi connectivity index (χ2n) is 4.71. The zero-order valence-electron chi connectivity index (χ0n) is 10.9. The molecule has 3 N–H and O–H groups in total. The molecule has 0 saturated carbocycles. The number of aromatic amines is 2. The van der Waals surface area contributed by atoms with E-state index in [1.807, 2.05) is 42.5 Å². The first kappa shape index (κ1) is 11.7. The Bertz CT molecular complexity index is 987. The highest BCUT2D eigenvalue weighted by Gasteiger charge is 2.07. The van der Waals surface area contributed by atoms with Gasteiger partial charge in [-0.05, 0) is 24.3 Å². The monoisotopic (exact) mass is 277 g/mol. The quantitative estimate of drug-likeness (QED) is 0.525. The lowest BCUT2D eigenvalue weighted by Gasteiger charge is -2.08. The predicted octanol–water partition coefficient (Wildman–Crippen LogP) is 2.54. The Morgan fingerprint density at radius 3 is 2.52 bits per heavy atom. The van der Waals surface area contributed by atoms with Crippen LogP contribution >= 0.6 is 0 Å². The molecule has 2 heterocycles. The number of aromatic nitrogens is 4. The van der Waals surface area contributed by atoms with Gasteiger partial charge in [-0.15, -0.1) is 0 Å². The Morgan fingerprint density at radius 2 is 1.71 bits per heavy atom. The molecule has 0 amide bonds. The standard InChI is InChI=1S/C15H11N5O/c21-15-19-12-6-10-11(7-13(12)20-15)16-8-17-14(10)18-9-4-2-1-3-5-9/h1-8H,(H,16,17,18)(H2,19,20,21). The smallest absolute Gasteiger partial charge is 0.323 e. The summed E-state index contributed by atoms with van der Waals surface area (Å²) in [7, 11) is 0. The predicted molar refractivity (Wildman–Crippen MR) is 81.7 cm³/mol. The zero-order valence-corrected chi connectivity index (χ0v) is 10.9. The molecule has 0 aliphatic rings. The molecule has 2 aromatic heterocycles. The fourth-order valence-electron chi connectivity index (χ4n) is 2.34. The van der Waals surface area contributed by atoms with Gasteiger partial charge < -0.3 is 15.3 Å². The summed E-state index contributed by atoms with van der Waals surface area (Å²) in [6, 6.07) is 13.5. The molecule has 0 bridgehead atoms. The van der Waals surface area contributed by atoms with Crippen molar-refractivity contribution in [3.8, 4) is 0 Å². The van der Waals surface area contributed by atoms with Crippen LogP contribution in [-0.2, 0) is 0 Å². The molecule has 6 heteroatoms. The highest BCUT2D eigenvalue weighted by molar-refractivity contribution is 5.99. The van der Waals surface area contributed by atoms with Gasteiger partial charge in [-0.1, -0.05) is 18.2 Å². The van der Waals surface area contributed by atoms with Crippen molar-refractivity contribution in [1.82, 2.24) is 19.9 Å². The van der Waals surface area contributed by atoms with Gasteiger partial charge in [-0.3, -0.25) is 0 Å². The van der Waals surface area contributed by atoms with E-state index in [1.165, 1.54) is 6.33 Å². The summed E-state index contributed by atoms with van der Waals surface area (Å²) in [5.74, 6) is 0.704. The lowest BCUT2D eigenvalue weighted by atomic mass is 10.2. The Hall–Kier alpha value is -3.15. The molecule has 0 saturated heterocycles. The minimum absolute atomic E-state index is 0.231. The van der Waals surface area contributed by atoms with Crippen molar-refractivity contribution in [2.75, 3.05) is 5.32 Å². The van der Waals surface area contributed by atoms with Crippen LogP contribution in [0.15, 0.2) is 53.6 Å². The van der Waals surface area contributed by atoms with Gasteiger partial charge in [-0.2, -0.15) is 0 Å². The number of fused-ring (bicyclic) bond motifs is 2. The first-order valence-corrected chi connectivity index (χ1v) is 6.48. The number of H-pyrrole nitrogens is 2. The second-order valence-corrected chi connectivity index (χ2v) is 4.71. The lowest BCUT2D eigenvalue weighted by molar-refractivity contribution is 1.21. The molecule has 0 unspecified atom stereocenters. The minimum atomic E-state index is -0.231. The van der Waals surface area contributed by atoms with E-state index >= 15 is 0 Å². The van der Waals surface area contributed by atoms with Crippen molar-refractivity contribution in [2.24, 2.45) is 0 Å². The number of benzene rings is 2. The molecule has 4 aromatic rings. The topological polar surface area (TPSA) is 86.5 Å². The lowest BCUT2D eigenvalue weighted by Crippen LogP contribution is -1.99. The average molecular weight is 277 g/mol. The number of hydrogen-bond acceptors (Lipinski definition) is 4. The maximum Gasteiger partial charge on any atom is 0.323 e. The molecular weight excluding hydrogens is 266 g/mol. The highest BCUT2D eigenvalue weighted by Crippen LogP contribution is 2.25. The molecule has 6 nitrogen and oxygen atoms in total. The van der Waals surface area contributed by atoms with Crippen molar-refractivity contribution in [1.29, 1.82) is 0 Å². The van der Waals surface area contributed by atoms with Gasteiger partial charge in [0.15, 0.2) is 0 Å².